The summed E-state index contributed by atoms with van der Waals surface area (Å²) in [4.78, 5) is 23.8. The Morgan fingerprint density at radius 2 is 1.89 bits per heavy atom. The van der Waals surface area contributed by atoms with E-state index < -0.39 is 5.97 Å². The van der Waals surface area contributed by atoms with Gasteiger partial charge in [0, 0.05) is 12.3 Å². The smallest absolute Gasteiger partial charge is 0.340 e. The van der Waals surface area contributed by atoms with Crippen molar-refractivity contribution in [1.29, 1.82) is 0 Å². The number of benzene rings is 1. The van der Waals surface area contributed by atoms with E-state index in [-0.39, 0.29) is 5.91 Å². The number of carbonyl (C=O) groups is 2. The van der Waals surface area contributed by atoms with Crippen LogP contribution in [-0.2, 0) is 9.53 Å². The molecule has 98 valence electrons. The summed E-state index contributed by atoms with van der Waals surface area (Å²) in [7, 11) is 1.32. The fourth-order valence-corrected chi connectivity index (χ4v) is 2.72. The zero-order valence-corrected chi connectivity index (χ0v) is 11.4. The highest BCUT2D eigenvalue weighted by Crippen LogP contribution is 2.37. The van der Waals surface area contributed by atoms with Gasteiger partial charge in [-0.05, 0) is 5.56 Å². The van der Waals surface area contributed by atoms with Crippen LogP contribution >= 0.6 is 11.3 Å². The van der Waals surface area contributed by atoms with Crippen molar-refractivity contribution in [3.63, 3.8) is 0 Å². The summed E-state index contributed by atoms with van der Waals surface area (Å²) in [6.07, 6.45) is 0. The number of methoxy groups -OCH3 is 1. The molecule has 0 radical (unpaired) electrons. The minimum Gasteiger partial charge on any atom is -0.465 e. The molecule has 1 N–H and O–H groups in total. The van der Waals surface area contributed by atoms with Crippen molar-refractivity contribution in [1.82, 2.24) is 0 Å². The van der Waals surface area contributed by atoms with Crippen molar-refractivity contribution in [3.05, 3.63) is 41.3 Å². The minimum absolute atomic E-state index is 0.222. The van der Waals surface area contributed by atoms with E-state index in [2.05, 4.69) is 5.32 Å². The minimum atomic E-state index is -0.456. The van der Waals surface area contributed by atoms with Crippen molar-refractivity contribution in [2.75, 3.05) is 12.4 Å². The van der Waals surface area contributed by atoms with Gasteiger partial charge in [0.1, 0.15) is 0 Å². The van der Waals surface area contributed by atoms with Crippen molar-refractivity contribution < 1.29 is 14.3 Å². The molecule has 0 atom stereocenters. The number of esters is 1. The first-order valence-electron chi connectivity index (χ1n) is 5.66. The van der Waals surface area contributed by atoms with Gasteiger partial charge in [0.2, 0.25) is 5.91 Å². The average molecular weight is 275 g/mol. The van der Waals surface area contributed by atoms with Crippen LogP contribution in [0.5, 0.6) is 0 Å². The molecular weight excluding hydrogens is 262 g/mol. The summed E-state index contributed by atoms with van der Waals surface area (Å²) in [6.45, 7) is 1.41. The monoisotopic (exact) mass is 275 g/mol. The van der Waals surface area contributed by atoms with Gasteiger partial charge in [0.15, 0.2) is 0 Å². The Hall–Kier alpha value is -2.14. The van der Waals surface area contributed by atoms with Gasteiger partial charge in [0.05, 0.1) is 23.2 Å². The number of nitrogens with one attached hydrogen (secondary N) is 1. The van der Waals surface area contributed by atoms with Gasteiger partial charge < -0.3 is 10.1 Å². The van der Waals surface area contributed by atoms with Crippen LogP contribution in [0.15, 0.2) is 35.7 Å². The van der Waals surface area contributed by atoms with Gasteiger partial charge in [-0.3, -0.25) is 4.79 Å². The standard InChI is InChI=1S/C14H13NO3S/c1-9(16)15-12-11(14(17)18-2)8-19-13(12)10-6-4-3-5-7-10/h3-8H,1-2H3,(H,15,16). The number of hydrogen-bond acceptors (Lipinski definition) is 4. The predicted molar refractivity (Wildman–Crippen MR) is 75.4 cm³/mol. The van der Waals surface area contributed by atoms with Crippen molar-refractivity contribution in [3.8, 4) is 10.4 Å². The van der Waals surface area contributed by atoms with Crippen LogP contribution in [0, 0.1) is 0 Å². The molecule has 19 heavy (non-hydrogen) atoms. The van der Waals surface area contributed by atoms with Gasteiger partial charge in [-0.2, -0.15) is 0 Å². The Morgan fingerprint density at radius 3 is 2.47 bits per heavy atom. The van der Waals surface area contributed by atoms with E-state index in [1.807, 2.05) is 30.3 Å². The average Bonchev–Trinajstić information content (AvgIpc) is 2.81. The fraction of sp³-hybridized carbons (Fsp3) is 0.143. The maximum absolute atomic E-state index is 11.7. The van der Waals surface area contributed by atoms with Crippen LogP contribution in [0.2, 0.25) is 0 Å². The molecule has 0 aliphatic heterocycles. The molecule has 2 rings (SSSR count). The third-order valence-electron chi connectivity index (χ3n) is 2.53. The SMILES string of the molecule is COC(=O)c1csc(-c2ccccc2)c1NC(C)=O. The lowest BCUT2D eigenvalue weighted by atomic mass is 10.1. The topological polar surface area (TPSA) is 55.4 Å². The van der Waals surface area contributed by atoms with E-state index in [9.17, 15) is 9.59 Å². The number of carbonyl (C=O) groups excluding carboxylic acids is 2. The zero-order chi connectivity index (χ0) is 13.8. The predicted octanol–water partition coefficient (Wildman–Crippen LogP) is 3.16. The zero-order valence-electron chi connectivity index (χ0n) is 10.6. The van der Waals surface area contributed by atoms with Crippen LogP contribution < -0.4 is 5.32 Å². The van der Waals surface area contributed by atoms with Crippen LogP contribution in [0.1, 0.15) is 17.3 Å². The second kappa shape index (κ2) is 5.67. The first-order chi connectivity index (χ1) is 9.13. The number of hydrogen-bond donors (Lipinski definition) is 1. The van der Waals surface area contributed by atoms with Crippen LogP contribution in [-0.4, -0.2) is 19.0 Å². The highest BCUT2D eigenvalue weighted by atomic mass is 32.1. The third-order valence-corrected chi connectivity index (χ3v) is 3.56. The summed E-state index contributed by atoms with van der Waals surface area (Å²) in [6, 6.07) is 9.58. The first kappa shape index (κ1) is 13.3. The first-order valence-corrected chi connectivity index (χ1v) is 6.54. The molecule has 1 aromatic heterocycles. The second-order valence-electron chi connectivity index (χ2n) is 3.89. The lowest BCUT2D eigenvalue weighted by Crippen LogP contribution is -2.10. The Morgan fingerprint density at radius 1 is 1.21 bits per heavy atom. The van der Waals surface area contributed by atoms with E-state index >= 15 is 0 Å². The van der Waals surface area contributed by atoms with Crippen LogP contribution in [0.25, 0.3) is 10.4 Å². The molecule has 0 aliphatic carbocycles. The van der Waals surface area contributed by atoms with Gasteiger partial charge in [0.25, 0.3) is 0 Å². The van der Waals surface area contributed by atoms with E-state index in [1.54, 1.807) is 5.38 Å². The molecule has 1 aromatic carbocycles. The van der Waals surface area contributed by atoms with Crippen molar-refractivity contribution in [2.45, 2.75) is 6.92 Å². The maximum atomic E-state index is 11.7. The maximum Gasteiger partial charge on any atom is 0.340 e. The van der Waals surface area contributed by atoms with E-state index in [4.69, 9.17) is 4.74 Å². The summed E-state index contributed by atoms with van der Waals surface area (Å²) in [5, 5.41) is 4.40. The molecule has 0 saturated heterocycles. The van der Waals surface area contributed by atoms with Gasteiger partial charge in [-0.25, -0.2) is 4.79 Å². The molecular formula is C14H13NO3S. The number of amides is 1. The molecule has 5 heteroatoms. The number of anilines is 1. The lowest BCUT2D eigenvalue weighted by molar-refractivity contribution is -0.114. The fourth-order valence-electron chi connectivity index (χ4n) is 1.72. The Kier molecular flexibility index (Phi) is 3.97. The van der Waals surface area contributed by atoms with Crippen molar-refractivity contribution >= 4 is 28.9 Å². The molecule has 0 aliphatic rings. The van der Waals surface area contributed by atoms with Gasteiger partial charge in [-0.15, -0.1) is 11.3 Å². The summed E-state index contributed by atoms with van der Waals surface area (Å²) in [5.74, 6) is -0.678. The van der Waals surface area contributed by atoms with Gasteiger partial charge in [-0.1, -0.05) is 30.3 Å². The Labute approximate surface area is 115 Å². The second-order valence-corrected chi connectivity index (χ2v) is 4.77. The normalized spacial score (nSPS) is 10.0. The molecule has 2 aromatic rings. The van der Waals surface area contributed by atoms with Crippen LogP contribution in [0.3, 0.4) is 0 Å². The molecule has 0 fully saturated rings. The molecule has 0 bridgehead atoms. The van der Waals surface area contributed by atoms with Gasteiger partial charge >= 0.3 is 5.97 Å². The number of ether oxygens (including phenoxy) is 1. The van der Waals surface area contributed by atoms with E-state index in [1.165, 1.54) is 25.4 Å². The van der Waals surface area contributed by atoms with E-state index in [0.717, 1.165) is 10.4 Å². The highest BCUT2D eigenvalue weighted by Gasteiger charge is 2.20. The largest absolute Gasteiger partial charge is 0.465 e. The number of thiophene rings is 1. The van der Waals surface area contributed by atoms with Crippen LogP contribution in [0.4, 0.5) is 5.69 Å². The summed E-state index contributed by atoms with van der Waals surface area (Å²) in [5.41, 5.74) is 1.84. The molecule has 0 spiro atoms. The quantitative estimate of drug-likeness (QED) is 0.875. The summed E-state index contributed by atoms with van der Waals surface area (Å²) < 4.78 is 4.72. The molecule has 1 heterocycles. The Bertz CT molecular complexity index is 604. The summed E-state index contributed by atoms with van der Waals surface area (Å²) >= 11 is 1.40. The lowest BCUT2D eigenvalue weighted by Gasteiger charge is -2.07. The molecule has 4 nitrogen and oxygen atoms in total. The molecule has 0 saturated carbocycles. The highest BCUT2D eigenvalue weighted by molar-refractivity contribution is 7.14. The third kappa shape index (κ3) is 2.82. The molecule has 0 unspecified atom stereocenters. The molecule has 1 amide bonds. The van der Waals surface area contributed by atoms with Crippen molar-refractivity contribution in [2.24, 2.45) is 0 Å². The Balaban J connectivity index is 2.53. The number of rotatable bonds is 3. The van der Waals surface area contributed by atoms with E-state index in [0.29, 0.717) is 11.3 Å².